The number of hydrogen-bond acceptors (Lipinski definition) is 4. The number of aromatic nitrogens is 3. The second kappa shape index (κ2) is 5.56. The Morgan fingerprint density at radius 2 is 2.00 bits per heavy atom. The van der Waals surface area contributed by atoms with E-state index in [-0.39, 0.29) is 6.61 Å². The van der Waals surface area contributed by atoms with E-state index in [1.807, 2.05) is 30.3 Å². The van der Waals surface area contributed by atoms with E-state index >= 15 is 0 Å². The molecule has 1 aromatic heterocycles. The van der Waals surface area contributed by atoms with Crippen LogP contribution >= 0.6 is 0 Å². The van der Waals surface area contributed by atoms with Gasteiger partial charge >= 0.3 is 0 Å². The molecule has 0 bridgehead atoms. The average Bonchev–Trinajstić information content (AvgIpc) is 2.78. The maximum Gasteiger partial charge on any atom is 0.0986 e. The van der Waals surface area contributed by atoms with Crippen molar-refractivity contribution in [3.8, 4) is 0 Å². The number of benzene rings is 1. The third kappa shape index (κ3) is 3.12. The van der Waals surface area contributed by atoms with Crippen LogP contribution in [0.1, 0.15) is 17.4 Å². The van der Waals surface area contributed by atoms with Crippen LogP contribution in [0.25, 0.3) is 0 Å². The van der Waals surface area contributed by atoms with Crippen molar-refractivity contribution in [2.24, 2.45) is 0 Å². The summed E-state index contributed by atoms with van der Waals surface area (Å²) in [5.41, 5.74) is 1.58. The standard InChI is InChI=1S/C12H15N3O2/c16-7-6-11-8-15(14-13-11)9-12(17)10-4-2-1-3-5-10/h1-5,8,12,16-17H,6-7,9H2. The van der Waals surface area contributed by atoms with Gasteiger partial charge in [0.1, 0.15) is 0 Å². The number of nitrogens with zero attached hydrogens (tertiary/aromatic N) is 3. The van der Waals surface area contributed by atoms with Crippen molar-refractivity contribution in [1.29, 1.82) is 0 Å². The Balaban J connectivity index is 2.00. The molecule has 5 heteroatoms. The van der Waals surface area contributed by atoms with Crippen molar-refractivity contribution in [3.05, 3.63) is 47.8 Å². The van der Waals surface area contributed by atoms with Gasteiger partial charge in [0.2, 0.25) is 0 Å². The number of aliphatic hydroxyl groups is 2. The van der Waals surface area contributed by atoms with Crippen LogP contribution in [0.15, 0.2) is 36.5 Å². The highest BCUT2D eigenvalue weighted by atomic mass is 16.3. The van der Waals surface area contributed by atoms with Crippen molar-refractivity contribution >= 4 is 0 Å². The normalized spacial score (nSPS) is 12.6. The fourth-order valence-corrected chi connectivity index (χ4v) is 1.61. The minimum atomic E-state index is -0.597. The molecule has 0 radical (unpaired) electrons. The first-order chi connectivity index (χ1) is 8.29. The molecule has 0 spiro atoms. The van der Waals surface area contributed by atoms with Crippen LogP contribution in [0.2, 0.25) is 0 Å². The van der Waals surface area contributed by atoms with E-state index in [0.29, 0.717) is 13.0 Å². The molecule has 0 aliphatic rings. The highest BCUT2D eigenvalue weighted by Crippen LogP contribution is 2.13. The van der Waals surface area contributed by atoms with Crippen LogP contribution in [0.3, 0.4) is 0 Å². The molecule has 1 heterocycles. The molecule has 1 atom stereocenters. The van der Waals surface area contributed by atoms with Gasteiger partial charge < -0.3 is 10.2 Å². The SMILES string of the molecule is OCCc1cn(CC(O)c2ccccc2)nn1. The first-order valence-electron chi connectivity index (χ1n) is 5.52. The van der Waals surface area contributed by atoms with Gasteiger partial charge in [-0.1, -0.05) is 35.5 Å². The predicted molar refractivity (Wildman–Crippen MR) is 62.2 cm³/mol. The molecule has 1 unspecified atom stereocenters. The second-order valence-electron chi connectivity index (χ2n) is 3.83. The lowest BCUT2D eigenvalue weighted by Gasteiger charge is -2.09. The number of rotatable bonds is 5. The van der Waals surface area contributed by atoms with Gasteiger partial charge in [-0.3, -0.25) is 0 Å². The van der Waals surface area contributed by atoms with Crippen molar-refractivity contribution in [2.45, 2.75) is 19.1 Å². The van der Waals surface area contributed by atoms with Crippen LogP contribution in [-0.4, -0.2) is 31.8 Å². The van der Waals surface area contributed by atoms with E-state index in [9.17, 15) is 5.11 Å². The summed E-state index contributed by atoms with van der Waals surface area (Å²) < 4.78 is 1.59. The number of aliphatic hydroxyl groups excluding tert-OH is 2. The van der Waals surface area contributed by atoms with Gasteiger partial charge in [0.05, 0.1) is 18.3 Å². The summed E-state index contributed by atoms with van der Waals surface area (Å²) in [4.78, 5) is 0. The highest BCUT2D eigenvalue weighted by molar-refractivity contribution is 5.17. The zero-order valence-electron chi connectivity index (χ0n) is 9.40. The average molecular weight is 233 g/mol. The zero-order valence-corrected chi connectivity index (χ0v) is 9.40. The van der Waals surface area contributed by atoms with Crippen LogP contribution in [-0.2, 0) is 13.0 Å². The van der Waals surface area contributed by atoms with Crippen LogP contribution in [0.4, 0.5) is 0 Å². The molecule has 2 rings (SSSR count). The first-order valence-corrected chi connectivity index (χ1v) is 5.52. The van der Waals surface area contributed by atoms with E-state index in [1.165, 1.54) is 0 Å². The topological polar surface area (TPSA) is 71.2 Å². The summed E-state index contributed by atoms with van der Waals surface area (Å²) in [7, 11) is 0. The van der Waals surface area contributed by atoms with Gasteiger partial charge in [0, 0.05) is 19.2 Å². The molecule has 0 fully saturated rings. The van der Waals surface area contributed by atoms with E-state index in [2.05, 4.69) is 10.3 Å². The molecule has 0 aliphatic carbocycles. The van der Waals surface area contributed by atoms with Crippen molar-refractivity contribution in [3.63, 3.8) is 0 Å². The number of hydrogen-bond donors (Lipinski definition) is 2. The molecule has 0 saturated carbocycles. The summed E-state index contributed by atoms with van der Waals surface area (Å²) in [6, 6.07) is 9.42. The quantitative estimate of drug-likeness (QED) is 0.791. The summed E-state index contributed by atoms with van der Waals surface area (Å²) in [6.45, 7) is 0.419. The van der Waals surface area contributed by atoms with Crippen molar-refractivity contribution < 1.29 is 10.2 Å². The smallest absolute Gasteiger partial charge is 0.0986 e. The van der Waals surface area contributed by atoms with Crippen LogP contribution in [0.5, 0.6) is 0 Å². The molecule has 2 N–H and O–H groups in total. The Kier molecular flexibility index (Phi) is 3.85. The van der Waals surface area contributed by atoms with Crippen LogP contribution < -0.4 is 0 Å². The zero-order chi connectivity index (χ0) is 12.1. The molecule has 0 saturated heterocycles. The van der Waals surface area contributed by atoms with Crippen LogP contribution in [0, 0.1) is 0 Å². The highest BCUT2D eigenvalue weighted by Gasteiger charge is 2.09. The second-order valence-corrected chi connectivity index (χ2v) is 3.83. The molecule has 1 aromatic carbocycles. The Morgan fingerprint density at radius 1 is 1.24 bits per heavy atom. The Labute approximate surface area is 99.3 Å². The molecule has 0 aliphatic heterocycles. The van der Waals surface area contributed by atoms with Crippen molar-refractivity contribution in [1.82, 2.24) is 15.0 Å². The molecule has 90 valence electrons. The minimum Gasteiger partial charge on any atom is -0.396 e. The molecule has 2 aromatic rings. The maximum atomic E-state index is 9.98. The molecule has 0 amide bonds. The van der Waals surface area contributed by atoms with E-state index in [4.69, 9.17) is 5.11 Å². The largest absolute Gasteiger partial charge is 0.396 e. The molecular formula is C12H15N3O2. The fraction of sp³-hybridized carbons (Fsp3) is 0.333. The summed E-state index contributed by atoms with van der Waals surface area (Å²) in [5.74, 6) is 0. The first kappa shape index (κ1) is 11.8. The Morgan fingerprint density at radius 3 is 2.71 bits per heavy atom. The minimum absolute atomic E-state index is 0.0555. The lowest BCUT2D eigenvalue weighted by atomic mass is 10.1. The van der Waals surface area contributed by atoms with E-state index < -0.39 is 6.10 Å². The monoisotopic (exact) mass is 233 g/mol. The lowest BCUT2D eigenvalue weighted by molar-refractivity contribution is 0.150. The molecular weight excluding hydrogens is 218 g/mol. The van der Waals surface area contributed by atoms with Crippen molar-refractivity contribution in [2.75, 3.05) is 6.61 Å². The van der Waals surface area contributed by atoms with E-state index in [0.717, 1.165) is 11.3 Å². The van der Waals surface area contributed by atoms with E-state index in [1.54, 1.807) is 10.9 Å². The fourth-order valence-electron chi connectivity index (χ4n) is 1.61. The summed E-state index contributed by atoms with van der Waals surface area (Å²) in [6.07, 6.45) is 1.63. The van der Waals surface area contributed by atoms with Gasteiger partial charge in [-0.2, -0.15) is 0 Å². The predicted octanol–water partition coefficient (Wildman–Crippen LogP) is 0.546. The maximum absolute atomic E-state index is 9.98. The van der Waals surface area contributed by atoms with Gasteiger partial charge in [-0.05, 0) is 5.56 Å². The summed E-state index contributed by atoms with van der Waals surface area (Å²) >= 11 is 0. The third-order valence-corrected chi connectivity index (χ3v) is 2.50. The lowest BCUT2D eigenvalue weighted by Crippen LogP contribution is -2.09. The van der Waals surface area contributed by atoms with Gasteiger partial charge in [-0.25, -0.2) is 4.68 Å². The van der Waals surface area contributed by atoms with Gasteiger partial charge in [-0.15, -0.1) is 5.10 Å². The van der Waals surface area contributed by atoms with Gasteiger partial charge in [0.25, 0.3) is 0 Å². The third-order valence-electron chi connectivity index (χ3n) is 2.50. The Hall–Kier alpha value is -1.72. The molecule has 17 heavy (non-hydrogen) atoms. The van der Waals surface area contributed by atoms with Gasteiger partial charge in [0.15, 0.2) is 0 Å². The Bertz CT molecular complexity index is 456. The summed E-state index contributed by atoms with van der Waals surface area (Å²) in [5, 5.41) is 26.5. The molecule has 5 nitrogen and oxygen atoms in total.